The molecule has 114 valence electrons. The number of nitrogens with one attached hydrogen (secondary N) is 2. The number of carbonyl (C=O) groups excluding carboxylic acids is 1. The third-order valence-corrected chi connectivity index (χ3v) is 2.59. The van der Waals surface area contributed by atoms with E-state index in [1.54, 1.807) is 12.1 Å². The van der Waals surface area contributed by atoms with E-state index in [1.165, 1.54) is 6.07 Å². The molecule has 4 nitrogen and oxygen atoms in total. The Labute approximate surface area is 125 Å². The summed E-state index contributed by atoms with van der Waals surface area (Å²) in [6.45, 7) is 6.34. The standard InChI is InChI=1S/C16H21FN2O2/c1-5-9-18-14(20)11-21-15-12(7-6-8-13(15)17)10-19-16(2,3)4/h1,6-8,19H,9-11H2,2-4H3,(H,18,20). The number of hydrogen-bond donors (Lipinski definition) is 2. The maximum atomic E-state index is 13.9. The van der Waals surface area contributed by atoms with Crippen molar-refractivity contribution in [3.05, 3.63) is 29.6 Å². The maximum absolute atomic E-state index is 13.9. The van der Waals surface area contributed by atoms with Crippen LogP contribution in [-0.2, 0) is 11.3 Å². The van der Waals surface area contributed by atoms with Crippen molar-refractivity contribution >= 4 is 5.91 Å². The van der Waals surface area contributed by atoms with E-state index in [0.29, 0.717) is 12.1 Å². The predicted octanol–water partition coefficient (Wildman–Crippen LogP) is 1.84. The van der Waals surface area contributed by atoms with Crippen molar-refractivity contribution in [3.8, 4) is 18.1 Å². The topological polar surface area (TPSA) is 50.4 Å². The molecular formula is C16H21FN2O2. The minimum absolute atomic E-state index is 0.0881. The van der Waals surface area contributed by atoms with Crippen LogP contribution in [0.1, 0.15) is 26.3 Å². The maximum Gasteiger partial charge on any atom is 0.258 e. The summed E-state index contributed by atoms with van der Waals surface area (Å²) in [5.74, 6) is 1.50. The zero-order chi connectivity index (χ0) is 15.9. The molecule has 0 aliphatic rings. The minimum atomic E-state index is -0.493. The summed E-state index contributed by atoms with van der Waals surface area (Å²) in [6, 6.07) is 4.67. The van der Waals surface area contributed by atoms with Crippen LogP contribution < -0.4 is 15.4 Å². The molecule has 2 N–H and O–H groups in total. The largest absolute Gasteiger partial charge is 0.480 e. The van der Waals surface area contributed by atoms with Crippen LogP contribution in [0.3, 0.4) is 0 Å². The van der Waals surface area contributed by atoms with E-state index in [9.17, 15) is 9.18 Å². The molecule has 1 amide bonds. The van der Waals surface area contributed by atoms with Gasteiger partial charge in [0.15, 0.2) is 18.2 Å². The van der Waals surface area contributed by atoms with Crippen LogP contribution in [0.4, 0.5) is 4.39 Å². The van der Waals surface area contributed by atoms with Crippen LogP contribution in [-0.4, -0.2) is 24.6 Å². The van der Waals surface area contributed by atoms with E-state index in [2.05, 4.69) is 16.6 Å². The Hall–Kier alpha value is -2.06. The van der Waals surface area contributed by atoms with Crippen molar-refractivity contribution in [2.45, 2.75) is 32.9 Å². The lowest BCUT2D eigenvalue weighted by atomic mass is 10.1. The molecule has 0 radical (unpaired) electrons. The van der Waals surface area contributed by atoms with Crippen LogP contribution >= 0.6 is 0 Å². The Morgan fingerprint density at radius 3 is 2.76 bits per heavy atom. The van der Waals surface area contributed by atoms with E-state index < -0.39 is 5.82 Å². The fraction of sp³-hybridized carbons (Fsp3) is 0.438. The molecule has 0 saturated heterocycles. The van der Waals surface area contributed by atoms with Gasteiger partial charge >= 0.3 is 0 Å². The lowest BCUT2D eigenvalue weighted by molar-refractivity contribution is -0.122. The second-order valence-corrected chi connectivity index (χ2v) is 5.60. The molecular weight excluding hydrogens is 271 g/mol. The summed E-state index contributed by atoms with van der Waals surface area (Å²) in [7, 11) is 0. The molecule has 0 aliphatic heterocycles. The zero-order valence-electron chi connectivity index (χ0n) is 12.6. The highest BCUT2D eigenvalue weighted by Gasteiger charge is 2.14. The highest BCUT2D eigenvalue weighted by molar-refractivity contribution is 5.77. The first-order valence-electron chi connectivity index (χ1n) is 6.69. The number of carbonyl (C=O) groups is 1. The minimum Gasteiger partial charge on any atom is -0.480 e. The molecule has 0 aromatic heterocycles. The Kier molecular flexibility index (Phi) is 6.19. The fourth-order valence-corrected chi connectivity index (χ4v) is 1.55. The molecule has 0 bridgehead atoms. The average Bonchev–Trinajstić information content (AvgIpc) is 2.41. The SMILES string of the molecule is C#CCNC(=O)COc1c(F)cccc1CNC(C)(C)C. The molecule has 1 aromatic carbocycles. The summed E-state index contributed by atoms with van der Waals surface area (Å²) in [5.41, 5.74) is 0.558. The van der Waals surface area contributed by atoms with Gasteiger partial charge in [-0.2, -0.15) is 0 Å². The molecule has 0 aliphatic carbocycles. The Balaban J connectivity index is 2.72. The van der Waals surface area contributed by atoms with Gasteiger partial charge in [0.2, 0.25) is 0 Å². The summed E-state index contributed by atoms with van der Waals surface area (Å²) in [5, 5.41) is 5.71. The molecule has 0 saturated carbocycles. The summed E-state index contributed by atoms with van der Waals surface area (Å²) in [6.07, 6.45) is 5.04. The Morgan fingerprint density at radius 1 is 1.43 bits per heavy atom. The average molecular weight is 292 g/mol. The van der Waals surface area contributed by atoms with Crippen molar-refractivity contribution in [1.29, 1.82) is 0 Å². The number of benzene rings is 1. The lowest BCUT2D eigenvalue weighted by Crippen LogP contribution is -2.35. The quantitative estimate of drug-likeness (QED) is 0.787. The summed E-state index contributed by atoms with van der Waals surface area (Å²) < 4.78 is 19.2. The van der Waals surface area contributed by atoms with Gasteiger partial charge in [0.25, 0.3) is 5.91 Å². The second-order valence-electron chi connectivity index (χ2n) is 5.60. The van der Waals surface area contributed by atoms with Crippen molar-refractivity contribution in [2.75, 3.05) is 13.2 Å². The van der Waals surface area contributed by atoms with E-state index >= 15 is 0 Å². The van der Waals surface area contributed by atoms with Crippen molar-refractivity contribution in [2.24, 2.45) is 0 Å². The third-order valence-electron chi connectivity index (χ3n) is 2.59. The highest BCUT2D eigenvalue weighted by atomic mass is 19.1. The monoisotopic (exact) mass is 292 g/mol. The molecule has 21 heavy (non-hydrogen) atoms. The summed E-state index contributed by atoms with van der Waals surface area (Å²) >= 11 is 0. The van der Waals surface area contributed by atoms with Gasteiger partial charge in [0, 0.05) is 17.6 Å². The first kappa shape index (κ1) is 17.0. The summed E-state index contributed by atoms with van der Waals surface area (Å²) in [4.78, 5) is 11.4. The highest BCUT2D eigenvalue weighted by Crippen LogP contribution is 2.23. The van der Waals surface area contributed by atoms with Crippen LogP contribution in [0.2, 0.25) is 0 Å². The van der Waals surface area contributed by atoms with Gasteiger partial charge in [-0.25, -0.2) is 4.39 Å². The van der Waals surface area contributed by atoms with Gasteiger partial charge in [0.05, 0.1) is 6.54 Å². The van der Waals surface area contributed by atoms with Crippen molar-refractivity contribution in [3.63, 3.8) is 0 Å². The smallest absolute Gasteiger partial charge is 0.258 e. The normalized spacial score (nSPS) is 10.8. The number of amides is 1. The fourth-order valence-electron chi connectivity index (χ4n) is 1.55. The molecule has 0 fully saturated rings. The molecule has 0 heterocycles. The van der Waals surface area contributed by atoms with Crippen LogP contribution in [0.25, 0.3) is 0 Å². The molecule has 1 aromatic rings. The van der Waals surface area contributed by atoms with Crippen molar-refractivity contribution in [1.82, 2.24) is 10.6 Å². The van der Waals surface area contributed by atoms with Gasteiger partial charge in [-0.1, -0.05) is 18.1 Å². The number of halogens is 1. The van der Waals surface area contributed by atoms with Gasteiger partial charge in [-0.3, -0.25) is 4.79 Å². The number of hydrogen-bond acceptors (Lipinski definition) is 3. The van der Waals surface area contributed by atoms with E-state index in [0.717, 1.165) is 0 Å². The number of terminal acetylenes is 1. The van der Waals surface area contributed by atoms with E-state index in [1.807, 2.05) is 20.8 Å². The molecule has 0 atom stereocenters. The number of rotatable bonds is 6. The molecule has 5 heteroatoms. The van der Waals surface area contributed by atoms with Gasteiger partial charge < -0.3 is 15.4 Å². The number of ether oxygens (including phenoxy) is 1. The van der Waals surface area contributed by atoms with Gasteiger partial charge in [-0.15, -0.1) is 6.42 Å². The first-order valence-corrected chi connectivity index (χ1v) is 6.69. The first-order chi connectivity index (χ1) is 9.83. The predicted molar refractivity (Wildman–Crippen MR) is 80.3 cm³/mol. The molecule has 1 rings (SSSR count). The second kappa shape index (κ2) is 7.65. The van der Waals surface area contributed by atoms with E-state index in [4.69, 9.17) is 11.2 Å². The Bertz CT molecular complexity index is 530. The van der Waals surface area contributed by atoms with E-state index in [-0.39, 0.29) is 30.3 Å². The van der Waals surface area contributed by atoms with Crippen LogP contribution in [0.5, 0.6) is 5.75 Å². The zero-order valence-corrected chi connectivity index (χ0v) is 12.6. The van der Waals surface area contributed by atoms with Crippen LogP contribution in [0, 0.1) is 18.2 Å². The third kappa shape index (κ3) is 6.28. The van der Waals surface area contributed by atoms with Gasteiger partial charge in [-0.05, 0) is 26.8 Å². The number of para-hydroxylation sites is 1. The molecule has 0 unspecified atom stereocenters. The van der Waals surface area contributed by atoms with Crippen molar-refractivity contribution < 1.29 is 13.9 Å². The molecule has 0 spiro atoms. The van der Waals surface area contributed by atoms with Crippen LogP contribution in [0.15, 0.2) is 18.2 Å². The lowest BCUT2D eigenvalue weighted by Gasteiger charge is -2.21. The Morgan fingerprint density at radius 2 is 2.14 bits per heavy atom. The van der Waals surface area contributed by atoms with Gasteiger partial charge in [0.1, 0.15) is 0 Å².